The Balaban J connectivity index is 2.11. The van der Waals surface area contributed by atoms with Crippen molar-refractivity contribution in [1.29, 1.82) is 0 Å². The van der Waals surface area contributed by atoms with Crippen LogP contribution in [0.3, 0.4) is 0 Å². The number of thiophene rings is 1. The fraction of sp³-hybridized carbons (Fsp3) is 0.476. The van der Waals surface area contributed by atoms with Crippen LogP contribution < -0.4 is 5.32 Å². The molecule has 1 aromatic rings. The molecule has 0 unspecified atom stereocenters. The number of dihydropyridines is 1. The van der Waals surface area contributed by atoms with Crippen molar-refractivity contribution < 1.29 is 23.9 Å². The number of hydrogen-bond donors (Lipinski definition) is 1. The predicted molar refractivity (Wildman–Crippen MR) is 105 cm³/mol. The maximum Gasteiger partial charge on any atom is 0.336 e. The third-order valence-electron chi connectivity index (χ3n) is 5.20. The van der Waals surface area contributed by atoms with E-state index in [2.05, 4.69) is 5.32 Å². The van der Waals surface area contributed by atoms with Gasteiger partial charge in [-0.2, -0.15) is 11.3 Å². The normalized spacial score (nSPS) is 24.6. The summed E-state index contributed by atoms with van der Waals surface area (Å²) >= 11 is 1.50. The number of esters is 2. The van der Waals surface area contributed by atoms with Crippen molar-refractivity contribution in [2.24, 2.45) is 11.8 Å². The van der Waals surface area contributed by atoms with Crippen LogP contribution in [0.15, 0.2) is 39.4 Å². The Hall–Kier alpha value is -2.41. The Kier molecular flexibility index (Phi) is 6.03. The number of nitrogens with one attached hydrogen (secondary N) is 1. The van der Waals surface area contributed by atoms with E-state index >= 15 is 0 Å². The molecule has 0 amide bonds. The minimum Gasteiger partial charge on any atom is -0.465 e. The van der Waals surface area contributed by atoms with Gasteiger partial charge in [-0.3, -0.25) is 9.59 Å². The molecule has 0 bridgehead atoms. The van der Waals surface area contributed by atoms with Gasteiger partial charge in [0, 0.05) is 22.9 Å². The van der Waals surface area contributed by atoms with Crippen molar-refractivity contribution in [3.8, 4) is 0 Å². The summed E-state index contributed by atoms with van der Waals surface area (Å²) in [6, 6.07) is 1.91. The summed E-state index contributed by atoms with van der Waals surface area (Å²) in [4.78, 5) is 38.7. The molecule has 0 saturated carbocycles. The first-order chi connectivity index (χ1) is 13.4. The summed E-state index contributed by atoms with van der Waals surface area (Å²) in [5, 5.41) is 7.08. The standard InChI is InChI=1S/C21H25NO5S/c1-5-26-20(24)15-11(3)9-14-18(19(15)23)17(13-7-8-28-10-13)16(12(4)22-14)21(25)27-6-2/h7-8,10-11,15,17,22H,5-6,9H2,1-4H3/t11-,15+,17-/m0/s1. The summed E-state index contributed by atoms with van der Waals surface area (Å²) in [6.45, 7) is 7.64. The highest BCUT2D eigenvalue weighted by Crippen LogP contribution is 2.45. The van der Waals surface area contributed by atoms with Gasteiger partial charge in [0.2, 0.25) is 0 Å². The molecule has 7 heteroatoms. The average molecular weight is 404 g/mol. The quantitative estimate of drug-likeness (QED) is 0.600. The number of Topliss-reactive ketones (excluding diaryl/α,β-unsaturated/α-hetero) is 1. The van der Waals surface area contributed by atoms with Crippen LogP contribution in [0.25, 0.3) is 0 Å². The van der Waals surface area contributed by atoms with E-state index in [4.69, 9.17) is 9.47 Å². The molecule has 28 heavy (non-hydrogen) atoms. The molecule has 1 N–H and O–H groups in total. The molecule has 3 atom stereocenters. The fourth-order valence-corrected chi connectivity index (χ4v) is 4.72. The highest BCUT2D eigenvalue weighted by atomic mass is 32.1. The Labute approximate surface area is 168 Å². The van der Waals surface area contributed by atoms with Gasteiger partial charge < -0.3 is 14.8 Å². The van der Waals surface area contributed by atoms with Gasteiger partial charge in [0.25, 0.3) is 0 Å². The average Bonchev–Trinajstić information content (AvgIpc) is 3.15. The summed E-state index contributed by atoms with van der Waals surface area (Å²) in [7, 11) is 0. The number of ether oxygens (including phenoxy) is 2. The third-order valence-corrected chi connectivity index (χ3v) is 5.90. The minimum atomic E-state index is -0.858. The molecule has 2 heterocycles. The van der Waals surface area contributed by atoms with E-state index in [1.54, 1.807) is 13.8 Å². The van der Waals surface area contributed by atoms with Gasteiger partial charge in [0.1, 0.15) is 5.92 Å². The van der Waals surface area contributed by atoms with E-state index in [-0.39, 0.29) is 24.9 Å². The SMILES string of the molecule is CCOC(=O)C1=C(C)NC2=C(C(=O)[C@H](C(=O)OCC)[C@@H](C)C2)[C@H]1c1ccsc1. The lowest BCUT2D eigenvalue weighted by molar-refractivity contribution is -0.153. The Bertz CT molecular complexity index is 852. The van der Waals surface area contributed by atoms with Crippen molar-refractivity contribution in [3.63, 3.8) is 0 Å². The molecule has 0 aromatic carbocycles. The van der Waals surface area contributed by atoms with E-state index in [0.717, 1.165) is 11.3 Å². The van der Waals surface area contributed by atoms with Gasteiger partial charge in [-0.05, 0) is 55.5 Å². The minimum absolute atomic E-state index is 0.183. The number of ketones is 1. The van der Waals surface area contributed by atoms with Crippen LogP contribution in [0.1, 0.15) is 45.6 Å². The monoisotopic (exact) mass is 403 g/mol. The van der Waals surface area contributed by atoms with Gasteiger partial charge in [-0.15, -0.1) is 0 Å². The molecule has 1 aliphatic carbocycles. The number of hydrogen-bond acceptors (Lipinski definition) is 7. The number of allylic oxidation sites excluding steroid dienone is 3. The Morgan fingerprint density at radius 2 is 1.96 bits per heavy atom. The van der Waals surface area contributed by atoms with Crippen molar-refractivity contribution in [2.75, 3.05) is 13.2 Å². The van der Waals surface area contributed by atoms with Crippen LogP contribution in [-0.2, 0) is 23.9 Å². The molecular formula is C21H25NO5S. The molecule has 1 aliphatic heterocycles. The largest absolute Gasteiger partial charge is 0.465 e. The van der Waals surface area contributed by atoms with Crippen molar-refractivity contribution in [1.82, 2.24) is 5.32 Å². The zero-order valence-corrected chi connectivity index (χ0v) is 17.4. The first-order valence-corrected chi connectivity index (χ1v) is 10.5. The van der Waals surface area contributed by atoms with E-state index < -0.39 is 23.8 Å². The number of rotatable bonds is 5. The van der Waals surface area contributed by atoms with Gasteiger partial charge in [0.05, 0.1) is 18.8 Å². The zero-order chi connectivity index (χ0) is 20.4. The van der Waals surface area contributed by atoms with Crippen molar-refractivity contribution >= 4 is 29.1 Å². The highest BCUT2D eigenvalue weighted by Gasteiger charge is 2.47. The van der Waals surface area contributed by atoms with Crippen molar-refractivity contribution in [3.05, 3.63) is 44.9 Å². The van der Waals surface area contributed by atoms with Crippen LogP contribution in [0, 0.1) is 11.8 Å². The second-order valence-electron chi connectivity index (χ2n) is 7.04. The molecule has 1 aromatic heterocycles. The lowest BCUT2D eigenvalue weighted by Gasteiger charge is -2.38. The van der Waals surface area contributed by atoms with Crippen LogP contribution >= 0.6 is 11.3 Å². The van der Waals surface area contributed by atoms with Gasteiger partial charge in [-0.25, -0.2) is 4.79 Å². The smallest absolute Gasteiger partial charge is 0.336 e. The van der Waals surface area contributed by atoms with Gasteiger partial charge in [-0.1, -0.05) is 6.92 Å². The molecular weight excluding hydrogens is 378 g/mol. The summed E-state index contributed by atoms with van der Waals surface area (Å²) in [6.07, 6.45) is 0.540. The van der Waals surface area contributed by atoms with Gasteiger partial charge in [0.15, 0.2) is 5.78 Å². The first kappa shape index (κ1) is 20.3. The molecule has 3 rings (SSSR count). The lowest BCUT2D eigenvalue weighted by atomic mass is 9.69. The van der Waals surface area contributed by atoms with E-state index in [9.17, 15) is 14.4 Å². The predicted octanol–water partition coefficient (Wildman–Crippen LogP) is 3.31. The third kappa shape index (κ3) is 3.51. The molecule has 0 saturated heterocycles. The maximum atomic E-state index is 13.5. The zero-order valence-electron chi connectivity index (χ0n) is 16.5. The Morgan fingerprint density at radius 3 is 2.57 bits per heavy atom. The molecule has 150 valence electrons. The van der Waals surface area contributed by atoms with Crippen LogP contribution in [-0.4, -0.2) is 30.9 Å². The number of carbonyl (C=O) groups excluding carboxylic acids is 3. The fourth-order valence-electron chi connectivity index (χ4n) is 4.04. The second kappa shape index (κ2) is 8.31. The second-order valence-corrected chi connectivity index (χ2v) is 7.82. The van der Waals surface area contributed by atoms with Crippen LogP contribution in [0.2, 0.25) is 0 Å². The Morgan fingerprint density at radius 1 is 1.25 bits per heavy atom. The topological polar surface area (TPSA) is 81.7 Å². The summed E-state index contributed by atoms with van der Waals surface area (Å²) < 4.78 is 10.4. The summed E-state index contributed by atoms with van der Waals surface area (Å²) in [5.41, 5.74) is 3.21. The van der Waals surface area contributed by atoms with Crippen LogP contribution in [0.4, 0.5) is 0 Å². The van der Waals surface area contributed by atoms with E-state index in [0.29, 0.717) is 23.3 Å². The highest BCUT2D eigenvalue weighted by molar-refractivity contribution is 7.08. The summed E-state index contributed by atoms with van der Waals surface area (Å²) in [5.74, 6) is -2.81. The van der Waals surface area contributed by atoms with Crippen LogP contribution in [0.5, 0.6) is 0 Å². The van der Waals surface area contributed by atoms with Crippen molar-refractivity contribution in [2.45, 2.75) is 40.0 Å². The lowest BCUT2D eigenvalue weighted by Crippen LogP contribution is -2.43. The molecule has 0 fully saturated rings. The first-order valence-electron chi connectivity index (χ1n) is 9.51. The van der Waals surface area contributed by atoms with E-state index in [1.165, 1.54) is 11.3 Å². The molecule has 0 spiro atoms. The molecule has 0 radical (unpaired) electrons. The van der Waals surface area contributed by atoms with E-state index in [1.807, 2.05) is 30.7 Å². The maximum absolute atomic E-state index is 13.5. The number of carbonyl (C=O) groups is 3. The molecule has 2 aliphatic rings. The van der Waals surface area contributed by atoms with Gasteiger partial charge >= 0.3 is 11.9 Å². The molecule has 6 nitrogen and oxygen atoms in total.